The van der Waals surface area contributed by atoms with Gasteiger partial charge >= 0.3 is 0 Å². The zero-order valence-corrected chi connectivity index (χ0v) is 19.3. The lowest BCUT2D eigenvalue weighted by atomic mass is 10.0. The van der Waals surface area contributed by atoms with Crippen LogP contribution in [-0.4, -0.2) is 31.0 Å². The average molecular weight is 455 g/mol. The van der Waals surface area contributed by atoms with Crippen LogP contribution in [0.1, 0.15) is 30.5 Å². The molecule has 8 heteroatoms. The third-order valence-electron chi connectivity index (χ3n) is 5.59. The van der Waals surface area contributed by atoms with Crippen molar-refractivity contribution in [2.75, 3.05) is 17.3 Å². The van der Waals surface area contributed by atoms with Crippen molar-refractivity contribution in [3.05, 3.63) is 76.8 Å². The summed E-state index contributed by atoms with van der Waals surface area (Å²) in [5, 5.41) is 22.7. The first-order chi connectivity index (χ1) is 16.3. The van der Waals surface area contributed by atoms with E-state index in [0.717, 1.165) is 35.2 Å². The van der Waals surface area contributed by atoms with Gasteiger partial charge in [0.05, 0.1) is 28.6 Å². The predicted octanol–water partition coefficient (Wildman–Crippen LogP) is 3.90. The Labute approximate surface area is 198 Å². The number of hydrogen-bond acceptors (Lipinski definition) is 7. The number of rotatable bonds is 6. The lowest BCUT2D eigenvalue weighted by molar-refractivity contribution is -0.112. The maximum atomic E-state index is 13.1. The van der Waals surface area contributed by atoms with Crippen molar-refractivity contribution < 1.29 is 9.53 Å². The molecule has 172 valence electrons. The van der Waals surface area contributed by atoms with Crippen molar-refractivity contribution in [3.63, 3.8) is 0 Å². The fourth-order valence-corrected chi connectivity index (χ4v) is 4.00. The Morgan fingerprint density at radius 2 is 2.12 bits per heavy atom. The van der Waals surface area contributed by atoms with Crippen molar-refractivity contribution in [1.29, 1.82) is 10.7 Å². The largest absolute Gasteiger partial charge is 0.487 e. The van der Waals surface area contributed by atoms with Crippen LogP contribution >= 0.6 is 0 Å². The first-order valence-electron chi connectivity index (χ1n) is 10.9. The first-order valence-corrected chi connectivity index (χ1v) is 10.9. The van der Waals surface area contributed by atoms with E-state index < -0.39 is 5.91 Å². The summed E-state index contributed by atoms with van der Waals surface area (Å²) in [5.74, 6) is 0.670. The molecular formula is C26H26N6O2. The van der Waals surface area contributed by atoms with E-state index in [1.54, 1.807) is 30.6 Å². The lowest BCUT2D eigenvalue weighted by Gasteiger charge is -2.24. The highest BCUT2D eigenvalue weighted by Crippen LogP contribution is 2.41. The van der Waals surface area contributed by atoms with E-state index in [4.69, 9.17) is 15.4 Å². The van der Waals surface area contributed by atoms with Crippen LogP contribution in [0.4, 0.5) is 11.4 Å². The summed E-state index contributed by atoms with van der Waals surface area (Å²) >= 11 is 0. The molecule has 1 amide bonds. The zero-order valence-electron chi connectivity index (χ0n) is 19.3. The number of benzene rings is 2. The minimum Gasteiger partial charge on any atom is -0.487 e. The van der Waals surface area contributed by atoms with E-state index in [9.17, 15) is 4.79 Å². The van der Waals surface area contributed by atoms with Gasteiger partial charge < -0.3 is 25.7 Å². The summed E-state index contributed by atoms with van der Waals surface area (Å²) in [5.41, 5.74) is 3.84. The number of anilines is 2. The molecule has 2 aliphatic rings. The van der Waals surface area contributed by atoms with E-state index in [-0.39, 0.29) is 11.2 Å². The molecule has 34 heavy (non-hydrogen) atoms. The summed E-state index contributed by atoms with van der Waals surface area (Å²) < 4.78 is 6.13. The number of nitrogens with one attached hydrogen (secondary N) is 3. The van der Waals surface area contributed by atoms with Gasteiger partial charge in [-0.15, -0.1) is 0 Å². The fraction of sp³-hybridized carbons (Fsp3) is 0.231. The Hall–Kier alpha value is -4.38. The maximum absolute atomic E-state index is 13.1. The number of carbonyl (C=O) groups is 1. The molecule has 0 saturated heterocycles. The van der Waals surface area contributed by atoms with Gasteiger partial charge in [-0.05, 0) is 43.7 Å². The minimum absolute atomic E-state index is 0.123. The number of nitriles is 1. The highest BCUT2D eigenvalue weighted by Gasteiger charge is 2.32. The SMILES string of the molecule is CN(Cc1ccc(C#N)cc1)c1cc2c(cc1NC(=O)/C(C=N)=C1\N=CC=CN1)CC(C)(C)O2. The number of fused-ring (bicyclic) bond motifs is 1. The summed E-state index contributed by atoms with van der Waals surface area (Å²) in [7, 11) is 1.93. The molecule has 0 aliphatic carbocycles. The molecule has 2 aromatic rings. The Morgan fingerprint density at radius 3 is 2.76 bits per heavy atom. The molecule has 2 aromatic carbocycles. The lowest BCUT2D eigenvalue weighted by Crippen LogP contribution is -2.24. The maximum Gasteiger partial charge on any atom is 0.261 e. The number of allylic oxidation sites excluding steroid dienone is 1. The van der Waals surface area contributed by atoms with Gasteiger partial charge in [0.15, 0.2) is 0 Å². The molecule has 4 rings (SSSR count). The third-order valence-corrected chi connectivity index (χ3v) is 5.59. The van der Waals surface area contributed by atoms with E-state index in [1.165, 1.54) is 0 Å². The van der Waals surface area contributed by atoms with E-state index in [2.05, 4.69) is 21.7 Å². The van der Waals surface area contributed by atoms with Crippen LogP contribution in [0.15, 0.2) is 65.1 Å². The first kappa shape index (κ1) is 22.8. The third kappa shape index (κ3) is 4.84. The second-order valence-electron chi connectivity index (χ2n) is 8.82. The number of nitrogens with zero attached hydrogens (tertiary/aromatic N) is 3. The van der Waals surface area contributed by atoms with E-state index in [0.29, 0.717) is 23.6 Å². The second-order valence-corrected chi connectivity index (χ2v) is 8.82. The molecule has 0 unspecified atom stereocenters. The van der Waals surface area contributed by atoms with E-state index in [1.807, 2.05) is 50.1 Å². The van der Waals surface area contributed by atoms with E-state index >= 15 is 0 Å². The molecule has 0 spiro atoms. The molecule has 3 N–H and O–H groups in total. The van der Waals surface area contributed by atoms with Crippen molar-refractivity contribution >= 4 is 29.7 Å². The number of amides is 1. The Balaban J connectivity index is 1.67. The number of ether oxygens (including phenoxy) is 1. The van der Waals surface area contributed by atoms with Crippen LogP contribution in [0.2, 0.25) is 0 Å². The number of aliphatic imine (C=N–C) groups is 1. The highest BCUT2D eigenvalue weighted by atomic mass is 16.5. The Bertz CT molecular complexity index is 1270. The zero-order chi connectivity index (χ0) is 24.3. The van der Waals surface area contributed by atoms with Gasteiger partial charge in [-0.3, -0.25) is 4.79 Å². The molecule has 0 fully saturated rings. The van der Waals surface area contributed by atoms with Crippen LogP contribution in [0.3, 0.4) is 0 Å². The Morgan fingerprint density at radius 1 is 1.35 bits per heavy atom. The molecule has 8 nitrogen and oxygen atoms in total. The monoisotopic (exact) mass is 454 g/mol. The molecule has 2 heterocycles. The molecule has 0 saturated carbocycles. The van der Waals surface area contributed by atoms with Gasteiger partial charge in [-0.2, -0.15) is 5.26 Å². The average Bonchev–Trinajstić information content (AvgIpc) is 3.13. The second kappa shape index (κ2) is 9.24. The van der Waals surface area contributed by atoms with Gasteiger partial charge in [0.2, 0.25) is 0 Å². The minimum atomic E-state index is -0.434. The Kier molecular flexibility index (Phi) is 6.19. The molecule has 2 aliphatic heterocycles. The van der Waals surface area contributed by atoms with Gasteiger partial charge in [0.25, 0.3) is 5.91 Å². The topological polar surface area (TPSA) is 114 Å². The van der Waals surface area contributed by atoms with Crippen molar-refractivity contribution in [3.8, 4) is 11.8 Å². The van der Waals surface area contributed by atoms with Gasteiger partial charge in [-0.1, -0.05) is 12.1 Å². The standard InChI is InChI=1S/C26H26N6O2/c1-26(2)13-19-11-21(31-25(33)20(15-28)24-29-9-4-10-30-24)22(12-23(19)34-26)32(3)16-18-7-5-17(14-27)6-8-18/h4-12,15,28-29H,13,16H2,1-3H3,(H,31,33)/b24-20-,28-15?. The predicted molar refractivity (Wildman–Crippen MR) is 133 cm³/mol. The summed E-state index contributed by atoms with van der Waals surface area (Å²) in [6.07, 6.45) is 6.65. The van der Waals surface area contributed by atoms with Crippen molar-refractivity contribution in [2.45, 2.75) is 32.4 Å². The van der Waals surface area contributed by atoms with Crippen molar-refractivity contribution in [2.24, 2.45) is 4.99 Å². The van der Waals surface area contributed by atoms with Crippen LogP contribution in [-0.2, 0) is 17.8 Å². The quantitative estimate of drug-likeness (QED) is 0.453. The molecule has 0 atom stereocenters. The van der Waals surface area contributed by atoms with Gasteiger partial charge in [0, 0.05) is 50.3 Å². The smallest absolute Gasteiger partial charge is 0.261 e. The summed E-state index contributed by atoms with van der Waals surface area (Å²) in [4.78, 5) is 19.3. The number of hydrogen-bond donors (Lipinski definition) is 3. The van der Waals surface area contributed by atoms with Crippen LogP contribution in [0.5, 0.6) is 5.75 Å². The van der Waals surface area contributed by atoms with Crippen LogP contribution in [0, 0.1) is 16.7 Å². The molecule has 0 aromatic heterocycles. The molecule has 0 radical (unpaired) electrons. The van der Waals surface area contributed by atoms with Crippen molar-refractivity contribution in [1.82, 2.24) is 5.32 Å². The normalized spacial score (nSPS) is 16.5. The summed E-state index contributed by atoms with van der Waals surface area (Å²) in [6, 6.07) is 13.4. The fourth-order valence-electron chi connectivity index (χ4n) is 4.00. The summed E-state index contributed by atoms with van der Waals surface area (Å²) in [6.45, 7) is 4.62. The van der Waals surface area contributed by atoms with Crippen LogP contribution in [0.25, 0.3) is 0 Å². The van der Waals surface area contributed by atoms with Gasteiger partial charge in [-0.25, -0.2) is 4.99 Å². The highest BCUT2D eigenvalue weighted by molar-refractivity contribution is 6.18. The molecule has 0 bridgehead atoms. The van der Waals surface area contributed by atoms with Gasteiger partial charge in [0.1, 0.15) is 17.2 Å². The number of carbonyl (C=O) groups excluding carboxylic acids is 1. The molecular weight excluding hydrogens is 428 g/mol. The van der Waals surface area contributed by atoms with Crippen LogP contribution < -0.4 is 20.3 Å².